The maximum Gasteiger partial charge on any atom is 0.267 e. The maximum absolute atomic E-state index is 5.65. The van der Waals surface area contributed by atoms with Gasteiger partial charge in [-0.25, -0.2) is 0 Å². The second-order valence-electron chi connectivity index (χ2n) is 4.28. The van der Waals surface area contributed by atoms with E-state index >= 15 is 0 Å². The third kappa shape index (κ3) is 2.12. The van der Waals surface area contributed by atoms with Gasteiger partial charge in [-0.1, -0.05) is 18.1 Å². The minimum absolute atomic E-state index is 0.204. The zero-order valence-electron chi connectivity index (χ0n) is 9.63. The minimum atomic E-state index is 0.204. The molecule has 1 fully saturated rings. The van der Waals surface area contributed by atoms with Gasteiger partial charge in [0.15, 0.2) is 5.82 Å². The molecule has 2 aromatic heterocycles. The Morgan fingerprint density at radius 2 is 2.47 bits per heavy atom. The van der Waals surface area contributed by atoms with Crippen LogP contribution in [-0.2, 0) is 4.74 Å². The summed E-state index contributed by atoms with van der Waals surface area (Å²) in [5.74, 6) is 1.56. The predicted octanol–water partition coefficient (Wildman–Crippen LogP) is 3.08. The second kappa shape index (κ2) is 4.58. The van der Waals surface area contributed by atoms with Gasteiger partial charge in [-0.3, -0.25) is 0 Å². The van der Waals surface area contributed by atoms with E-state index in [1.807, 2.05) is 17.5 Å². The number of aromatic nitrogens is 2. The SMILES string of the molecule is CC(c1noc(-c2cccs2)n1)C1CCCO1. The first-order chi connectivity index (χ1) is 8.34. The van der Waals surface area contributed by atoms with Crippen LogP contribution in [0.4, 0.5) is 0 Å². The molecule has 1 aliphatic rings. The lowest BCUT2D eigenvalue weighted by Gasteiger charge is -2.13. The fourth-order valence-corrected chi connectivity index (χ4v) is 2.73. The van der Waals surface area contributed by atoms with Crippen LogP contribution in [0, 0.1) is 0 Å². The Balaban J connectivity index is 1.80. The highest BCUT2D eigenvalue weighted by Gasteiger charge is 2.27. The monoisotopic (exact) mass is 250 g/mol. The molecule has 0 radical (unpaired) electrons. The molecule has 1 aliphatic heterocycles. The van der Waals surface area contributed by atoms with E-state index in [-0.39, 0.29) is 12.0 Å². The normalized spacial score (nSPS) is 21.8. The van der Waals surface area contributed by atoms with Crippen LogP contribution in [0.2, 0.25) is 0 Å². The van der Waals surface area contributed by atoms with Crippen LogP contribution < -0.4 is 0 Å². The zero-order chi connectivity index (χ0) is 11.7. The topological polar surface area (TPSA) is 48.2 Å². The van der Waals surface area contributed by atoms with Crippen molar-refractivity contribution < 1.29 is 9.26 Å². The fraction of sp³-hybridized carbons (Fsp3) is 0.500. The molecule has 0 aromatic carbocycles. The number of ether oxygens (including phenoxy) is 1. The van der Waals surface area contributed by atoms with Gasteiger partial charge in [-0.15, -0.1) is 11.3 Å². The standard InChI is InChI=1S/C12H14N2O2S/c1-8(9-4-2-6-15-9)11-13-12(16-14-11)10-5-3-7-17-10/h3,5,7-9H,2,4,6H2,1H3. The number of hydrogen-bond donors (Lipinski definition) is 0. The Hall–Kier alpha value is -1.20. The molecule has 4 nitrogen and oxygen atoms in total. The lowest BCUT2D eigenvalue weighted by molar-refractivity contribution is 0.0902. The van der Waals surface area contributed by atoms with Crippen LogP contribution in [0.3, 0.4) is 0 Å². The number of rotatable bonds is 3. The van der Waals surface area contributed by atoms with Crippen molar-refractivity contribution >= 4 is 11.3 Å². The minimum Gasteiger partial charge on any atom is -0.377 e. The molecule has 0 bridgehead atoms. The van der Waals surface area contributed by atoms with Gasteiger partial charge in [0.2, 0.25) is 0 Å². The van der Waals surface area contributed by atoms with E-state index in [1.165, 1.54) is 0 Å². The highest BCUT2D eigenvalue weighted by Crippen LogP contribution is 2.29. The molecule has 0 saturated carbocycles. The summed E-state index contributed by atoms with van der Waals surface area (Å²) in [6.07, 6.45) is 2.46. The molecule has 2 aromatic rings. The van der Waals surface area contributed by atoms with Crippen LogP contribution in [0.1, 0.15) is 31.5 Å². The van der Waals surface area contributed by atoms with Gasteiger partial charge < -0.3 is 9.26 Å². The Kier molecular flexibility index (Phi) is 2.94. The molecule has 17 heavy (non-hydrogen) atoms. The van der Waals surface area contributed by atoms with Crippen LogP contribution in [0.5, 0.6) is 0 Å². The molecule has 3 heterocycles. The van der Waals surface area contributed by atoms with Crippen molar-refractivity contribution in [3.8, 4) is 10.8 Å². The van der Waals surface area contributed by atoms with Crippen LogP contribution in [0.15, 0.2) is 22.0 Å². The quantitative estimate of drug-likeness (QED) is 0.840. The van der Waals surface area contributed by atoms with Crippen molar-refractivity contribution in [3.63, 3.8) is 0 Å². The first-order valence-corrected chi connectivity index (χ1v) is 6.71. The van der Waals surface area contributed by atoms with Crippen molar-refractivity contribution in [2.45, 2.75) is 31.8 Å². The molecule has 1 saturated heterocycles. The smallest absolute Gasteiger partial charge is 0.267 e. The molecule has 2 atom stereocenters. The van der Waals surface area contributed by atoms with E-state index in [4.69, 9.17) is 9.26 Å². The molecule has 0 aliphatic carbocycles. The van der Waals surface area contributed by atoms with Crippen LogP contribution in [-0.4, -0.2) is 22.9 Å². The lowest BCUT2D eigenvalue weighted by Crippen LogP contribution is -2.15. The maximum atomic E-state index is 5.65. The summed E-state index contributed by atoms with van der Waals surface area (Å²) in [7, 11) is 0. The molecular formula is C12H14N2O2S. The van der Waals surface area contributed by atoms with Crippen LogP contribution in [0.25, 0.3) is 10.8 Å². The first-order valence-electron chi connectivity index (χ1n) is 5.83. The Morgan fingerprint density at radius 1 is 1.53 bits per heavy atom. The fourth-order valence-electron chi connectivity index (χ4n) is 2.08. The molecule has 90 valence electrons. The first kappa shape index (κ1) is 10.9. The summed E-state index contributed by atoms with van der Waals surface area (Å²) >= 11 is 1.61. The van der Waals surface area contributed by atoms with E-state index in [0.717, 1.165) is 30.2 Å². The zero-order valence-corrected chi connectivity index (χ0v) is 10.4. The Bertz CT molecular complexity index is 474. The third-order valence-corrected chi connectivity index (χ3v) is 3.96. The van der Waals surface area contributed by atoms with Crippen molar-refractivity contribution in [1.82, 2.24) is 10.1 Å². The summed E-state index contributed by atoms with van der Waals surface area (Å²) in [6, 6.07) is 3.96. The number of hydrogen-bond acceptors (Lipinski definition) is 5. The van der Waals surface area contributed by atoms with Crippen LogP contribution >= 0.6 is 11.3 Å². The predicted molar refractivity (Wildman–Crippen MR) is 65.0 cm³/mol. The van der Waals surface area contributed by atoms with Crippen molar-refractivity contribution in [2.75, 3.05) is 6.61 Å². The lowest BCUT2D eigenvalue weighted by atomic mass is 10.0. The largest absolute Gasteiger partial charge is 0.377 e. The van der Waals surface area contributed by atoms with E-state index in [0.29, 0.717) is 5.89 Å². The summed E-state index contributed by atoms with van der Waals surface area (Å²) in [4.78, 5) is 5.47. The molecule has 3 rings (SSSR count). The van der Waals surface area contributed by atoms with E-state index in [2.05, 4.69) is 17.1 Å². The molecule has 5 heteroatoms. The van der Waals surface area contributed by atoms with Gasteiger partial charge >= 0.3 is 0 Å². The molecule has 0 spiro atoms. The molecular weight excluding hydrogens is 236 g/mol. The average molecular weight is 250 g/mol. The second-order valence-corrected chi connectivity index (χ2v) is 5.22. The summed E-state index contributed by atoms with van der Waals surface area (Å²) in [5, 5.41) is 6.06. The van der Waals surface area contributed by atoms with Gasteiger partial charge in [0.05, 0.1) is 11.0 Å². The summed E-state index contributed by atoms with van der Waals surface area (Å²) in [5.41, 5.74) is 0. The van der Waals surface area contributed by atoms with Gasteiger partial charge in [-0.05, 0) is 24.3 Å². The van der Waals surface area contributed by atoms with Gasteiger partial charge in [0.1, 0.15) is 0 Å². The van der Waals surface area contributed by atoms with E-state index in [1.54, 1.807) is 11.3 Å². The van der Waals surface area contributed by atoms with E-state index < -0.39 is 0 Å². The third-order valence-electron chi connectivity index (χ3n) is 3.10. The van der Waals surface area contributed by atoms with E-state index in [9.17, 15) is 0 Å². The molecule has 0 amide bonds. The highest BCUT2D eigenvalue weighted by molar-refractivity contribution is 7.13. The Morgan fingerprint density at radius 3 is 3.18 bits per heavy atom. The van der Waals surface area contributed by atoms with Gasteiger partial charge in [-0.2, -0.15) is 4.98 Å². The van der Waals surface area contributed by atoms with Crippen molar-refractivity contribution in [3.05, 3.63) is 23.3 Å². The van der Waals surface area contributed by atoms with Crippen molar-refractivity contribution in [2.24, 2.45) is 0 Å². The highest BCUT2D eigenvalue weighted by atomic mass is 32.1. The average Bonchev–Trinajstić information content (AvgIpc) is 3.09. The number of nitrogens with zero attached hydrogens (tertiary/aromatic N) is 2. The van der Waals surface area contributed by atoms with Gasteiger partial charge in [0, 0.05) is 12.5 Å². The van der Waals surface area contributed by atoms with Crippen molar-refractivity contribution in [1.29, 1.82) is 0 Å². The molecule has 2 unspecified atom stereocenters. The number of thiophene rings is 1. The Labute approximate surface area is 104 Å². The summed E-state index contributed by atoms with van der Waals surface area (Å²) < 4.78 is 10.9. The molecule has 0 N–H and O–H groups in total. The summed E-state index contributed by atoms with van der Waals surface area (Å²) in [6.45, 7) is 2.95. The van der Waals surface area contributed by atoms with Gasteiger partial charge in [0.25, 0.3) is 5.89 Å².